The molecule has 2 aliphatic heterocycles. The maximum atomic E-state index is 9.91. The number of fused-ring (bicyclic) bond motifs is 2. The molecule has 2 fully saturated rings. The highest BCUT2D eigenvalue weighted by Crippen LogP contribution is 2.38. The predicted octanol–water partition coefficient (Wildman–Crippen LogP) is 2.10. The largest absolute Gasteiger partial charge is 0.393 e. The zero-order chi connectivity index (χ0) is 14.1. The van der Waals surface area contributed by atoms with E-state index in [0.29, 0.717) is 12.1 Å². The number of aliphatic hydroxyl groups is 1. The third kappa shape index (κ3) is 2.59. The fourth-order valence-electron chi connectivity index (χ4n) is 3.55. The van der Waals surface area contributed by atoms with Crippen LogP contribution in [0.2, 0.25) is 0 Å². The third-order valence-electron chi connectivity index (χ3n) is 4.35. The van der Waals surface area contributed by atoms with Gasteiger partial charge in [0.2, 0.25) is 0 Å². The number of piperidine rings is 1. The first-order valence-corrected chi connectivity index (χ1v) is 7.73. The fourth-order valence-corrected chi connectivity index (χ4v) is 3.55. The van der Waals surface area contributed by atoms with E-state index in [2.05, 4.69) is 33.2 Å². The molecule has 2 atom stereocenters. The van der Waals surface area contributed by atoms with Crippen LogP contribution in [0.3, 0.4) is 0 Å². The Hall–Kier alpha value is -1.36. The van der Waals surface area contributed by atoms with Crippen molar-refractivity contribution in [1.82, 2.24) is 9.97 Å². The van der Waals surface area contributed by atoms with Crippen LogP contribution in [-0.2, 0) is 0 Å². The molecule has 3 rings (SSSR count). The van der Waals surface area contributed by atoms with Crippen molar-refractivity contribution in [2.45, 2.75) is 64.1 Å². The number of nitrogens with one attached hydrogen (secondary N) is 1. The first kappa shape index (κ1) is 13.6. The quantitative estimate of drug-likeness (QED) is 0.882. The predicted molar refractivity (Wildman–Crippen MR) is 80.1 cm³/mol. The lowest BCUT2D eigenvalue weighted by molar-refractivity contribution is 0.126. The van der Waals surface area contributed by atoms with Crippen LogP contribution < -0.4 is 10.2 Å². The van der Waals surface area contributed by atoms with Crippen molar-refractivity contribution in [3.63, 3.8) is 0 Å². The van der Waals surface area contributed by atoms with Crippen molar-refractivity contribution in [2.24, 2.45) is 0 Å². The Bertz CT molecular complexity index is 465. The molecule has 0 aliphatic carbocycles. The highest BCUT2D eigenvalue weighted by Gasteiger charge is 2.40. The lowest BCUT2D eigenvalue weighted by Crippen LogP contribution is -2.45. The highest BCUT2D eigenvalue weighted by atomic mass is 16.3. The maximum absolute atomic E-state index is 9.91. The number of aliphatic hydroxyl groups excluding tert-OH is 1. The minimum Gasteiger partial charge on any atom is -0.393 e. The van der Waals surface area contributed by atoms with Gasteiger partial charge in [-0.05, 0) is 39.0 Å². The Labute approximate surface area is 120 Å². The molecular weight excluding hydrogens is 252 g/mol. The van der Waals surface area contributed by atoms with E-state index in [4.69, 9.17) is 0 Å². The van der Waals surface area contributed by atoms with Gasteiger partial charge in [-0.25, -0.2) is 9.97 Å². The van der Waals surface area contributed by atoms with Gasteiger partial charge in [0.25, 0.3) is 0 Å². The first-order chi connectivity index (χ1) is 9.67. The molecule has 1 aromatic heterocycles. The molecule has 0 spiro atoms. The smallest absolute Gasteiger partial charge is 0.134 e. The van der Waals surface area contributed by atoms with E-state index in [0.717, 1.165) is 43.3 Å². The second-order valence-corrected chi connectivity index (χ2v) is 6.00. The van der Waals surface area contributed by atoms with Gasteiger partial charge in [-0.15, -0.1) is 0 Å². The molecule has 2 saturated heterocycles. The minimum absolute atomic E-state index is 0.135. The standard InChI is InChI=1S/C15H24N4O/c1-3-6-16-14-9-15(18-10(2)17-14)19-11-4-5-12(19)8-13(20)7-11/h9,11-13,20H,3-8H2,1-2H3,(H,16,17,18). The molecule has 2 aliphatic rings. The summed E-state index contributed by atoms with van der Waals surface area (Å²) in [6.45, 7) is 5.02. The molecule has 3 heterocycles. The molecule has 5 heteroatoms. The number of hydrogen-bond acceptors (Lipinski definition) is 5. The second-order valence-electron chi connectivity index (χ2n) is 6.00. The number of hydrogen-bond donors (Lipinski definition) is 2. The third-order valence-corrected chi connectivity index (χ3v) is 4.35. The normalized spacial score (nSPS) is 28.8. The van der Waals surface area contributed by atoms with Crippen LogP contribution in [0.4, 0.5) is 11.6 Å². The molecule has 2 bridgehead atoms. The van der Waals surface area contributed by atoms with E-state index in [1.165, 1.54) is 12.8 Å². The number of anilines is 2. The van der Waals surface area contributed by atoms with Crippen molar-refractivity contribution in [3.8, 4) is 0 Å². The van der Waals surface area contributed by atoms with Gasteiger partial charge in [0, 0.05) is 24.7 Å². The molecule has 5 nitrogen and oxygen atoms in total. The van der Waals surface area contributed by atoms with E-state index in [9.17, 15) is 5.11 Å². The summed E-state index contributed by atoms with van der Waals surface area (Å²) in [7, 11) is 0. The van der Waals surface area contributed by atoms with Gasteiger partial charge in [0.05, 0.1) is 6.10 Å². The van der Waals surface area contributed by atoms with Crippen molar-refractivity contribution < 1.29 is 5.11 Å². The van der Waals surface area contributed by atoms with Gasteiger partial charge >= 0.3 is 0 Å². The van der Waals surface area contributed by atoms with Gasteiger partial charge in [0.1, 0.15) is 17.5 Å². The van der Waals surface area contributed by atoms with E-state index in [-0.39, 0.29) is 6.10 Å². The summed E-state index contributed by atoms with van der Waals surface area (Å²) in [5.41, 5.74) is 0. The van der Waals surface area contributed by atoms with Crippen molar-refractivity contribution in [1.29, 1.82) is 0 Å². The van der Waals surface area contributed by atoms with Gasteiger partial charge < -0.3 is 15.3 Å². The summed E-state index contributed by atoms with van der Waals surface area (Å²) in [5.74, 6) is 2.75. The van der Waals surface area contributed by atoms with Gasteiger partial charge in [0.15, 0.2) is 0 Å². The maximum Gasteiger partial charge on any atom is 0.134 e. The number of aromatic nitrogens is 2. The monoisotopic (exact) mass is 276 g/mol. The minimum atomic E-state index is -0.135. The molecule has 2 N–H and O–H groups in total. The summed E-state index contributed by atoms with van der Waals surface area (Å²) in [4.78, 5) is 11.5. The Morgan fingerprint density at radius 2 is 2.00 bits per heavy atom. The van der Waals surface area contributed by atoms with Gasteiger partial charge in [-0.2, -0.15) is 0 Å². The zero-order valence-electron chi connectivity index (χ0n) is 12.3. The molecule has 20 heavy (non-hydrogen) atoms. The second kappa shape index (κ2) is 5.56. The Morgan fingerprint density at radius 1 is 1.30 bits per heavy atom. The van der Waals surface area contributed by atoms with E-state index in [1.807, 2.05) is 6.92 Å². The summed E-state index contributed by atoms with van der Waals surface area (Å²) in [6, 6.07) is 2.94. The van der Waals surface area contributed by atoms with E-state index < -0.39 is 0 Å². The SMILES string of the molecule is CCCNc1cc(N2C3CCC2CC(O)C3)nc(C)n1. The van der Waals surface area contributed by atoms with Crippen LogP contribution in [0.5, 0.6) is 0 Å². The van der Waals surface area contributed by atoms with Crippen LogP contribution in [0, 0.1) is 6.92 Å². The Kier molecular flexibility index (Phi) is 3.78. The van der Waals surface area contributed by atoms with Gasteiger partial charge in [-0.3, -0.25) is 0 Å². The molecule has 0 amide bonds. The summed E-state index contributed by atoms with van der Waals surface area (Å²) in [6.07, 6.45) is 5.03. The molecular formula is C15H24N4O. The fraction of sp³-hybridized carbons (Fsp3) is 0.733. The summed E-state index contributed by atoms with van der Waals surface area (Å²) in [5, 5.41) is 13.3. The lowest BCUT2D eigenvalue weighted by atomic mass is 10.00. The van der Waals surface area contributed by atoms with Crippen molar-refractivity contribution in [2.75, 3.05) is 16.8 Å². The zero-order valence-corrected chi connectivity index (χ0v) is 12.3. The Balaban J connectivity index is 1.85. The van der Waals surface area contributed by atoms with Crippen LogP contribution in [0.25, 0.3) is 0 Å². The molecule has 2 unspecified atom stereocenters. The Morgan fingerprint density at radius 3 is 2.65 bits per heavy atom. The van der Waals surface area contributed by atoms with E-state index >= 15 is 0 Å². The average molecular weight is 276 g/mol. The van der Waals surface area contributed by atoms with Crippen LogP contribution in [0.1, 0.15) is 44.9 Å². The first-order valence-electron chi connectivity index (χ1n) is 7.73. The summed E-state index contributed by atoms with van der Waals surface area (Å²) < 4.78 is 0. The molecule has 0 radical (unpaired) electrons. The molecule has 0 saturated carbocycles. The van der Waals surface area contributed by atoms with E-state index in [1.54, 1.807) is 0 Å². The summed E-state index contributed by atoms with van der Waals surface area (Å²) >= 11 is 0. The van der Waals surface area contributed by atoms with Crippen molar-refractivity contribution in [3.05, 3.63) is 11.9 Å². The molecule has 110 valence electrons. The van der Waals surface area contributed by atoms with Crippen LogP contribution in [0.15, 0.2) is 6.07 Å². The van der Waals surface area contributed by atoms with Crippen LogP contribution in [-0.4, -0.2) is 39.8 Å². The number of aryl methyl sites for hydroxylation is 1. The molecule has 0 aromatic carbocycles. The number of rotatable bonds is 4. The van der Waals surface area contributed by atoms with Crippen LogP contribution >= 0.6 is 0 Å². The number of nitrogens with zero attached hydrogens (tertiary/aromatic N) is 3. The topological polar surface area (TPSA) is 61.3 Å². The average Bonchev–Trinajstić information content (AvgIpc) is 2.68. The highest BCUT2D eigenvalue weighted by molar-refractivity contribution is 5.52. The van der Waals surface area contributed by atoms with Crippen molar-refractivity contribution >= 4 is 11.6 Å². The lowest BCUT2D eigenvalue weighted by Gasteiger charge is -2.38. The van der Waals surface area contributed by atoms with Gasteiger partial charge in [-0.1, -0.05) is 6.92 Å². The molecule has 1 aromatic rings.